The van der Waals surface area contributed by atoms with Crippen molar-refractivity contribution in [1.29, 1.82) is 0 Å². The van der Waals surface area contributed by atoms with Gasteiger partial charge in [-0.25, -0.2) is 9.59 Å². The van der Waals surface area contributed by atoms with E-state index in [1.165, 1.54) is 12.1 Å². The van der Waals surface area contributed by atoms with E-state index in [4.69, 9.17) is 4.74 Å². The molecule has 1 unspecified atom stereocenters. The monoisotopic (exact) mass is 627 g/mol. The molecule has 0 spiro atoms. The second-order valence-corrected chi connectivity index (χ2v) is 11.1. The SMILES string of the molecule is CN(Cc1ccccc1)CC(NC(=O)OCC1c2ccccc2-c2ccccc21)C(=O)Nc1cc(Br)ccc1C(=O)O. The van der Waals surface area contributed by atoms with Gasteiger partial charge >= 0.3 is 12.1 Å². The van der Waals surface area contributed by atoms with Gasteiger partial charge in [-0.15, -0.1) is 0 Å². The fraction of sp³-hybridized carbons (Fsp3) is 0.182. The molecule has 5 rings (SSSR count). The lowest BCUT2D eigenvalue weighted by Gasteiger charge is -2.25. The van der Waals surface area contributed by atoms with Crippen LogP contribution in [-0.2, 0) is 16.1 Å². The molecule has 0 heterocycles. The zero-order valence-corrected chi connectivity index (χ0v) is 24.5. The highest BCUT2D eigenvalue weighted by Crippen LogP contribution is 2.44. The molecule has 1 aliphatic rings. The van der Waals surface area contributed by atoms with Crippen LogP contribution in [0.4, 0.5) is 10.5 Å². The molecule has 0 aliphatic heterocycles. The molecule has 42 heavy (non-hydrogen) atoms. The van der Waals surface area contributed by atoms with Gasteiger partial charge in [-0.1, -0.05) is 94.8 Å². The average Bonchev–Trinajstić information content (AvgIpc) is 3.29. The van der Waals surface area contributed by atoms with E-state index in [2.05, 4.69) is 38.7 Å². The Labute approximate surface area is 252 Å². The standard InChI is InChI=1S/C33H30BrN3O5/c1-37(18-21-9-3-2-4-10-21)19-30(31(38)35-29-17-22(34)15-16-27(29)32(39)40)36-33(41)42-20-28-25-13-7-5-11-23(25)24-12-6-8-14-26(24)28/h2-17,28,30H,18-20H2,1H3,(H,35,38)(H,36,41)(H,39,40). The van der Waals surface area contributed by atoms with Crippen LogP contribution in [0.15, 0.2) is 102 Å². The zero-order chi connectivity index (χ0) is 29.6. The molecule has 0 bridgehead atoms. The minimum atomic E-state index is -1.18. The van der Waals surface area contributed by atoms with Crippen LogP contribution in [-0.4, -0.2) is 54.2 Å². The van der Waals surface area contributed by atoms with Crippen LogP contribution in [0.25, 0.3) is 11.1 Å². The molecule has 1 aliphatic carbocycles. The number of hydrogen-bond donors (Lipinski definition) is 3. The molecule has 0 saturated heterocycles. The fourth-order valence-corrected chi connectivity index (χ4v) is 5.64. The van der Waals surface area contributed by atoms with Crippen molar-refractivity contribution in [2.24, 2.45) is 0 Å². The number of fused-ring (bicyclic) bond motifs is 3. The summed E-state index contributed by atoms with van der Waals surface area (Å²) < 4.78 is 6.30. The molecule has 8 nitrogen and oxygen atoms in total. The minimum Gasteiger partial charge on any atom is -0.478 e. The summed E-state index contributed by atoms with van der Waals surface area (Å²) in [6.45, 7) is 0.790. The van der Waals surface area contributed by atoms with Crippen LogP contribution in [0.5, 0.6) is 0 Å². The second kappa shape index (κ2) is 13.0. The summed E-state index contributed by atoms with van der Waals surface area (Å²) in [6.07, 6.45) is -0.738. The number of carboxylic acid groups (broad SMARTS) is 1. The maximum Gasteiger partial charge on any atom is 0.407 e. The molecule has 0 fully saturated rings. The number of carboxylic acids is 1. The highest BCUT2D eigenvalue weighted by atomic mass is 79.9. The van der Waals surface area contributed by atoms with E-state index in [-0.39, 0.29) is 30.3 Å². The van der Waals surface area contributed by atoms with Crippen molar-refractivity contribution in [3.8, 4) is 11.1 Å². The number of nitrogens with one attached hydrogen (secondary N) is 2. The molecule has 0 aromatic heterocycles. The lowest BCUT2D eigenvalue weighted by Crippen LogP contribution is -2.50. The van der Waals surface area contributed by atoms with Gasteiger partial charge in [0.1, 0.15) is 12.6 Å². The van der Waals surface area contributed by atoms with E-state index in [1.807, 2.05) is 78.7 Å². The van der Waals surface area contributed by atoms with Crippen molar-refractivity contribution in [3.05, 3.63) is 124 Å². The number of carbonyl (C=O) groups excluding carboxylic acids is 2. The fourth-order valence-electron chi connectivity index (χ4n) is 5.27. The van der Waals surface area contributed by atoms with Crippen molar-refractivity contribution < 1.29 is 24.2 Å². The number of nitrogens with zero attached hydrogens (tertiary/aromatic N) is 1. The predicted molar refractivity (Wildman–Crippen MR) is 164 cm³/mol. The van der Waals surface area contributed by atoms with E-state index in [9.17, 15) is 19.5 Å². The summed E-state index contributed by atoms with van der Waals surface area (Å²) in [5, 5.41) is 15.0. The van der Waals surface area contributed by atoms with Crippen molar-refractivity contribution >= 4 is 39.6 Å². The Morgan fingerprint density at radius 1 is 0.905 bits per heavy atom. The van der Waals surface area contributed by atoms with Crippen molar-refractivity contribution in [3.63, 3.8) is 0 Å². The Kier molecular flexibility index (Phi) is 9.00. The van der Waals surface area contributed by atoms with Crippen LogP contribution < -0.4 is 10.6 Å². The number of anilines is 1. The summed E-state index contributed by atoms with van der Waals surface area (Å²) in [5.74, 6) is -1.87. The molecule has 2 amide bonds. The number of hydrogen-bond acceptors (Lipinski definition) is 5. The van der Waals surface area contributed by atoms with E-state index in [0.29, 0.717) is 11.0 Å². The largest absolute Gasteiger partial charge is 0.478 e. The van der Waals surface area contributed by atoms with Gasteiger partial charge in [-0.05, 0) is 53.1 Å². The number of aromatic carboxylic acids is 1. The lowest BCUT2D eigenvalue weighted by molar-refractivity contribution is -0.118. The van der Waals surface area contributed by atoms with E-state index < -0.39 is 24.0 Å². The predicted octanol–water partition coefficient (Wildman–Crippen LogP) is 6.13. The van der Waals surface area contributed by atoms with Gasteiger partial charge < -0.3 is 20.5 Å². The van der Waals surface area contributed by atoms with E-state index in [0.717, 1.165) is 27.8 Å². The molecule has 0 saturated carbocycles. The zero-order valence-electron chi connectivity index (χ0n) is 22.9. The first-order chi connectivity index (χ1) is 20.3. The average molecular weight is 629 g/mol. The lowest BCUT2D eigenvalue weighted by atomic mass is 9.98. The first kappa shape index (κ1) is 29.0. The summed E-state index contributed by atoms with van der Waals surface area (Å²) in [4.78, 5) is 40.3. The summed E-state index contributed by atoms with van der Waals surface area (Å²) in [7, 11) is 1.84. The smallest absolute Gasteiger partial charge is 0.407 e. The first-order valence-electron chi connectivity index (χ1n) is 13.5. The summed E-state index contributed by atoms with van der Waals surface area (Å²) in [5.41, 5.74) is 5.49. The number of likely N-dealkylation sites (N-methyl/N-ethyl adjacent to an activating group) is 1. The molecule has 9 heteroatoms. The van der Waals surface area contributed by atoms with Crippen LogP contribution in [0.2, 0.25) is 0 Å². The number of benzene rings is 4. The number of ether oxygens (including phenoxy) is 1. The topological polar surface area (TPSA) is 108 Å². The molecule has 0 radical (unpaired) electrons. The molecule has 4 aromatic carbocycles. The highest BCUT2D eigenvalue weighted by molar-refractivity contribution is 9.10. The van der Waals surface area contributed by atoms with Gasteiger partial charge in [-0.2, -0.15) is 0 Å². The third kappa shape index (κ3) is 6.70. The number of carbonyl (C=O) groups is 3. The van der Waals surface area contributed by atoms with Gasteiger partial charge in [0, 0.05) is 23.5 Å². The second-order valence-electron chi connectivity index (χ2n) is 10.2. The Balaban J connectivity index is 1.31. The Hall–Kier alpha value is -4.47. The molecular formula is C33H30BrN3O5. The minimum absolute atomic E-state index is 0.0657. The molecule has 4 aromatic rings. The number of halogens is 1. The quantitative estimate of drug-likeness (QED) is 0.195. The van der Waals surface area contributed by atoms with Gasteiger partial charge in [0.25, 0.3) is 0 Å². The van der Waals surface area contributed by atoms with Gasteiger partial charge in [0.2, 0.25) is 5.91 Å². The molecular weight excluding hydrogens is 598 g/mol. The van der Waals surface area contributed by atoms with Crippen LogP contribution in [0.1, 0.15) is 33.0 Å². The Bertz CT molecular complexity index is 1570. The van der Waals surface area contributed by atoms with Gasteiger partial charge in [0.15, 0.2) is 0 Å². The number of amides is 2. The third-order valence-corrected chi connectivity index (χ3v) is 7.70. The van der Waals surface area contributed by atoms with Crippen molar-refractivity contribution in [2.45, 2.75) is 18.5 Å². The molecule has 3 N–H and O–H groups in total. The Morgan fingerprint density at radius 2 is 1.52 bits per heavy atom. The maximum atomic E-state index is 13.5. The third-order valence-electron chi connectivity index (χ3n) is 7.21. The van der Waals surface area contributed by atoms with Gasteiger partial charge in [-0.3, -0.25) is 9.69 Å². The van der Waals surface area contributed by atoms with Crippen LogP contribution in [0, 0.1) is 0 Å². The van der Waals surface area contributed by atoms with Crippen LogP contribution in [0.3, 0.4) is 0 Å². The number of rotatable bonds is 10. The Morgan fingerprint density at radius 3 is 2.17 bits per heavy atom. The van der Waals surface area contributed by atoms with E-state index >= 15 is 0 Å². The van der Waals surface area contributed by atoms with Gasteiger partial charge in [0.05, 0.1) is 11.3 Å². The molecule has 1 atom stereocenters. The summed E-state index contributed by atoms with van der Waals surface area (Å²) >= 11 is 3.32. The van der Waals surface area contributed by atoms with E-state index in [1.54, 1.807) is 6.07 Å². The number of alkyl carbamates (subject to hydrolysis) is 1. The van der Waals surface area contributed by atoms with Crippen molar-refractivity contribution in [2.75, 3.05) is 25.5 Å². The van der Waals surface area contributed by atoms with Crippen molar-refractivity contribution in [1.82, 2.24) is 10.2 Å². The highest BCUT2D eigenvalue weighted by Gasteiger charge is 2.30. The molecule has 214 valence electrons. The normalized spacial score (nSPS) is 12.7. The first-order valence-corrected chi connectivity index (χ1v) is 14.3. The maximum absolute atomic E-state index is 13.5. The summed E-state index contributed by atoms with van der Waals surface area (Å²) in [6, 6.07) is 29.3. The van der Waals surface area contributed by atoms with Crippen LogP contribution >= 0.6 is 15.9 Å².